The number of hydrogen-bond acceptors (Lipinski definition) is 4. The van der Waals surface area contributed by atoms with Gasteiger partial charge in [-0.05, 0) is 35.0 Å². The van der Waals surface area contributed by atoms with E-state index in [1.807, 2.05) is 30.5 Å². The van der Waals surface area contributed by atoms with Crippen LogP contribution in [0.1, 0.15) is 0 Å². The number of benzene rings is 5. The average molecular weight is 511 g/mol. The van der Waals surface area contributed by atoms with Crippen molar-refractivity contribution in [2.75, 3.05) is 0 Å². The molecule has 40 heavy (non-hydrogen) atoms. The van der Waals surface area contributed by atoms with Crippen LogP contribution in [0.5, 0.6) is 0 Å². The van der Waals surface area contributed by atoms with E-state index in [0.29, 0.717) is 5.82 Å². The van der Waals surface area contributed by atoms with E-state index in [4.69, 9.17) is 15.0 Å². The third kappa shape index (κ3) is 3.69. The van der Waals surface area contributed by atoms with Gasteiger partial charge in [-0.3, -0.25) is 4.98 Å². The Morgan fingerprint density at radius 1 is 0.450 bits per heavy atom. The molecule has 0 amide bonds. The fraction of sp³-hybridized carbons (Fsp3) is 0. The van der Waals surface area contributed by atoms with Crippen molar-refractivity contribution in [1.82, 2.24) is 19.9 Å². The Hall–Kier alpha value is -5.48. The molecule has 0 N–H and O–H groups in total. The second-order valence-electron chi connectivity index (χ2n) is 9.93. The zero-order chi connectivity index (χ0) is 26.5. The lowest BCUT2D eigenvalue weighted by atomic mass is 9.99. The second kappa shape index (κ2) is 9.07. The van der Waals surface area contributed by atoms with E-state index in [-0.39, 0.29) is 0 Å². The summed E-state index contributed by atoms with van der Waals surface area (Å²) in [6, 6.07) is 43.8. The highest BCUT2D eigenvalue weighted by molar-refractivity contribution is 6.04. The van der Waals surface area contributed by atoms with E-state index in [1.54, 1.807) is 0 Å². The molecule has 8 rings (SSSR count). The van der Waals surface area contributed by atoms with Crippen LogP contribution < -0.4 is 0 Å². The van der Waals surface area contributed by atoms with Gasteiger partial charge in [-0.15, -0.1) is 0 Å². The Morgan fingerprint density at radius 3 is 2.12 bits per heavy atom. The minimum Gasteiger partial charge on any atom is -0.254 e. The molecule has 0 aliphatic heterocycles. The lowest BCUT2D eigenvalue weighted by Gasteiger charge is -2.12. The zero-order valence-electron chi connectivity index (χ0n) is 21.5. The first-order valence-electron chi connectivity index (χ1n) is 13.3. The topological polar surface area (TPSA) is 51.6 Å². The molecule has 4 nitrogen and oxygen atoms in total. The zero-order valence-corrected chi connectivity index (χ0v) is 21.5. The Bertz CT molecular complexity index is 2230. The quantitative estimate of drug-likeness (QED) is 0.223. The van der Waals surface area contributed by atoms with Crippen molar-refractivity contribution >= 4 is 43.5 Å². The van der Waals surface area contributed by atoms with Gasteiger partial charge in [0, 0.05) is 39.0 Å². The molecule has 0 aliphatic rings. The lowest BCUT2D eigenvalue weighted by molar-refractivity contribution is 1.23. The number of para-hydroxylation sites is 1. The standard InChI is InChI=1S/C36H22N4/c1-2-13-28-23(8-1)9-6-15-29(28)35-30-14-3-4-16-32(30)39-36(40-35)27-11-5-10-26(22-27)31-20-19-25-18-17-24-12-7-21-37-33(24)34(25)38-31/h1-22H. The van der Waals surface area contributed by atoms with E-state index in [9.17, 15) is 0 Å². The highest BCUT2D eigenvalue weighted by Crippen LogP contribution is 2.34. The maximum Gasteiger partial charge on any atom is 0.160 e. The third-order valence-corrected chi connectivity index (χ3v) is 7.50. The van der Waals surface area contributed by atoms with Crippen molar-refractivity contribution in [2.24, 2.45) is 0 Å². The van der Waals surface area contributed by atoms with Gasteiger partial charge in [-0.2, -0.15) is 0 Å². The van der Waals surface area contributed by atoms with Crippen molar-refractivity contribution in [3.8, 4) is 33.9 Å². The summed E-state index contributed by atoms with van der Waals surface area (Å²) >= 11 is 0. The van der Waals surface area contributed by atoms with Crippen LogP contribution in [0.2, 0.25) is 0 Å². The van der Waals surface area contributed by atoms with E-state index in [0.717, 1.165) is 60.8 Å². The van der Waals surface area contributed by atoms with Crippen LogP contribution in [-0.2, 0) is 0 Å². The molecule has 4 heteroatoms. The van der Waals surface area contributed by atoms with Gasteiger partial charge in [-0.25, -0.2) is 15.0 Å². The summed E-state index contributed by atoms with van der Waals surface area (Å²) in [4.78, 5) is 19.8. The molecule has 0 aliphatic carbocycles. The normalized spacial score (nSPS) is 11.5. The van der Waals surface area contributed by atoms with Crippen molar-refractivity contribution in [1.29, 1.82) is 0 Å². The summed E-state index contributed by atoms with van der Waals surface area (Å²) < 4.78 is 0. The molecule has 0 saturated carbocycles. The molecule has 3 heterocycles. The lowest BCUT2D eigenvalue weighted by Crippen LogP contribution is -1.96. The highest BCUT2D eigenvalue weighted by atomic mass is 14.9. The van der Waals surface area contributed by atoms with Crippen LogP contribution in [0.4, 0.5) is 0 Å². The van der Waals surface area contributed by atoms with Crippen LogP contribution >= 0.6 is 0 Å². The number of fused-ring (bicyclic) bond motifs is 5. The maximum atomic E-state index is 5.18. The number of aromatic nitrogens is 4. The first-order chi connectivity index (χ1) is 19.8. The van der Waals surface area contributed by atoms with E-state index < -0.39 is 0 Å². The fourth-order valence-corrected chi connectivity index (χ4v) is 5.55. The molecular weight excluding hydrogens is 488 g/mol. The minimum absolute atomic E-state index is 0.691. The van der Waals surface area contributed by atoms with Gasteiger partial charge in [0.1, 0.15) is 0 Å². The molecule has 0 bridgehead atoms. The molecule has 0 atom stereocenters. The molecule has 5 aromatic carbocycles. The van der Waals surface area contributed by atoms with Gasteiger partial charge >= 0.3 is 0 Å². The smallest absolute Gasteiger partial charge is 0.160 e. The second-order valence-corrected chi connectivity index (χ2v) is 9.93. The van der Waals surface area contributed by atoms with Gasteiger partial charge in [0.25, 0.3) is 0 Å². The summed E-state index contributed by atoms with van der Waals surface area (Å²) in [5.74, 6) is 0.691. The number of nitrogens with zero attached hydrogens (tertiary/aromatic N) is 4. The highest BCUT2D eigenvalue weighted by Gasteiger charge is 2.14. The maximum absolute atomic E-state index is 5.18. The van der Waals surface area contributed by atoms with E-state index >= 15 is 0 Å². The molecule has 0 radical (unpaired) electrons. The van der Waals surface area contributed by atoms with Crippen molar-refractivity contribution in [2.45, 2.75) is 0 Å². The predicted molar refractivity (Wildman–Crippen MR) is 164 cm³/mol. The molecule has 0 spiro atoms. The minimum atomic E-state index is 0.691. The first kappa shape index (κ1) is 22.5. The summed E-state index contributed by atoms with van der Waals surface area (Å²) in [5, 5.41) is 5.56. The SMILES string of the molecule is c1cc(-c2ccc3ccc4cccnc4c3n2)cc(-c2nc(-c3cccc4ccccc34)c3ccccc3n2)c1. The summed E-state index contributed by atoms with van der Waals surface area (Å²) in [6.07, 6.45) is 1.82. The van der Waals surface area contributed by atoms with Gasteiger partial charge in [0.05, 0.1) is 27.9 Å². The Labute approximate surface area is 230 Å². The van der Waals surface area contributed by atoms with Gasteiger partial charge in [0.15, 0.2) is 5.82 Å². The van der Waals surface area contributed by atoms with E-state index in [2.05, 4.69) is 108 Å². The van der Waals surface area contributed by atoms with Gasteiger partial charge in [-0.1, -0.05) is 103 Å². The third-order valence-electron chi connectivity index (χ3n) is 7.50. The molecule has 8 aromatic rings. The number of hydrogen-bond donors (Lipinski definition) is 0. The summed E-state index contributed by atoms with van der Waals surface area (Å²) in [6.45, 7) is 0. The Kier molecular flexibility index (Phi) is 5.10. The molecule has 0 unspecified atom stereocenters. The molecule has 0 saturated heterocycles. The molecule has 0 fully saturated rings. The number of pyridine rings is 2. The summed E-state index contributed by atoms with van der Waals surface area (Å²) in [5.41, 5.74) is 7.62. The largest absolute Gasteiger partial charge is 0.254 e. The van der Waals surface area contributed by atoms with Crippen LogP contribution in [0.25, 0.3) is 77.4 Å². The predicted octanol–water partition coefficient (Wildman–Crippen LogP) is 8.88. The van der Waals surface area contributed by atoms with Crippen LogP contribution in [0.15, 0.2) is 134 Å². The fourth-order valence-electron chi connectivity index (χ4n) is 5.55. The monoisotopic (exact) mass is 510 g/mol. The van der Waals surface area contributed by atoms with Crippen molar-refractivity contribution in [3.63, 3.8) is 0 Å². The first-order valence-corrected chi connectivity index (χ1v) is 13.3. The number of rotatable bonds is 3. The van der Waals surface area contributed by atoms with E-state index in [1.165, 1.54) is 10.8 Å². The Morgan fingerprint density at radius 2 is 1.18 bits per heavy atom. The van der Waals surface area contributed by atoms with Crippen LogP contribution in [0.3, 0.4) is 0 Å². The van der Waals surface area contributed by atoms with Crippen LogP contribution in [-0.4, -0.2) is 19.9 Å². The van der Waals surface area contributed by atoms with Gasteiger partial charge < -0.3 is 0 Å². The average Bonchev–Trinajstić information content (AvgIpc) is 3.03. The molecular formula is C36H22N4. The van der Waals surface area contributed by atoms with Gasteiger partial charge in [0.2, 0.25) is 0 Å². The summed E-state index contributed by atoms with van der Waals surface area (Å²) in [7, 11) is 0. The van der Waals surface area contributed by atoms with Crippen molar-refractivity contribution in [3.05, 3.63) is 134 Å². The van der Waals surface area contributed by atoms with Crippen molar-refractivity contribution < 1.29 is 0 Å². The molecule has 3 aromatic heterocycles. The van der Waals surface area contributed by atoms with Crippen LogP contribution in [0, 0.1) is 0 Å². The Balaban J connectivity index is 1.31. The molecule has 186 valence electrons.